The molecule has 1 saturated heterocycles. The van der Waals surface area contributed by atoms with Crippen LogP contribution in [0, 0.1) is 5.92 Å². The Morgan fingerprint density at radius 3 is 2.62 bits per heavy atom. The number of likely N-dealkylation sites (tertiary alicyclic amines) is 1. The molecule has 96 valence electrons. The van der Waals surface area contributed by atoms with Gasteiger partial charge in [-0.1, -0.05) is 13.8 Å². The smallest absolute Gasteiger partial charge is 0.0499 e. The van der Waals surface area contributed by atoms with Gasteiger partial charge in [0.05, 0.1) is 0 Å². The Hall–Kier alpha value is -0.120. The van der Waals surface area contributed by atoms with Crippen LogP contribution in [0.3, 0.4) is 0 Å². The van der Waals surface area contributed by atoms with E-state index in [1.165, 1.54) is 38.9 Å². The average molecular weight is 228 g/mol. The van der Waals surface area contributed by atoms with Crippen LogP contribution in [-0.2, 0) is 4.74 Å². The van der Waals surface area contributed by atoms with E-state index in [4.69, 9.17) is 4.74 Å². The lowest BCUT2D eigenvalue weighted by atomic mass is 10.0. The quantitative estimate of drug-likeness (QED) is 0.718. The lowest BCUT2D eigenvalue weighted by Gasteiger charge is -2.32. The summed E-state index contributed by atoms with van der Waals surface area (Å²) in [4.78, 5) is 2.58. The molecule has 1 fully saturated rings. The van der Waals surface area contributed by atoms with E-state index in [0.29, 0.717) is 5.92 Å². The highest BCUT2D eigenvalue weighted by molar-refractivity contribution is 4.77. The normalized spacial score (nSPS) is 21.2. The fourth-order valence-corrected chi connectivity index (χ4v) is 2.39. The van der Waals surface area contributed by atoms with Crippen LogP contribution in [0.25, 0.3) is 0 Å². The van der Waals surface area contributed by atoms with E-state index in [2.05, 4.69) is 24.1 Å². The van der Waals surface area contributed by atoms with E-state index < -0.39 is 0 Å². The molecule has 0 aromatic rings. The maximum Gasteiger partial charge on any atom is 0.0499 e. The second-order valence-electron chi connectivity index (χ2n) is 5.08. The van der Waals surface area contributed by atoms with E-state index in [0.717, 1.165) is 19.2 Å². The van der Waals surface area contributed by atoms with Crippen LogP contribution < -0.4 is 5.32 Å². The molecule has 1 atom stereocenters. The third-order valence-corrected chi connectivity index (χ3v) is 3.33. The molecule has 0 aromatic heterocycles. The fraction of sp³-hybridized carbons (Fsp3) is 1.00. The van der Waals surface area contributed by atoms with E-state index in [1.807, 2.05) is 0 Å². The maximum atomic E-state index is 5.14. The van der Waals surface area contributed by atoms with Gasteiger partial charge < -0.3 is 15.0 Å². The number of hydrogen-bond donors (Lipinski definition) is 1. The number of rotatable bonds is 7. The summed E-state index contributed by atoms with van der Waals surface area (Å²) in [6, 6.07) is 0.729. The molecule has 0 bridgehead atoms. The Labute approximate surface area is 101 Å². The van der Waals surface area contributed by atoms with Gasteiger partial charge in [0, 0.05) is 26.3 Å². The summed E-state index contributed by atoms with van der Waals surface area (Å²) in [5, 5.41) is 3.66. The van der Waals surface area contributed by atoms with Crippen LogP contribution in [0.1, 0.15) is 33.1 Å². The van der Waals surface area contributed by atoms with Gasteiger partial charge in [-0.3, -0.25) is 0 Å². The van der Waals surface area contributed by atoms with Gasteiger partial charge in [0.2, 0.25) is 0 Å². The lowest BCUT2D eigenvalue weighted by molar-refractivity contribution is 0.150. The number of methoxy groups -OCH3 is 1. The summed E-state index contributed by atoms with van der Waals surface area (Å²) >= 11 is 0. The SMILES string of the molecule is CCCN1CCC(NCC(C)COC)CC1. The van der Waals surface area contributed by atoms with Gasteiger partial charge in [0.25, 0.3) is 0 Å². The minimum absolute atomic E-state index is 0.624. The zero-order valence-corrected chi connectivity index (χ0v) is 11.2. The van der Waals surface area contributed by atoms with Crippen LogP contribution in [-0.4, -0.2) is 50.8 Å². The molecule has 0 aromatic carbocycles. The number of nitrogens with one attached hydrogen (secondary N) is 1. The van der Waals surface area contributed by atoms with E-state index in [9.17, 15) is 0 Å². The first kappa shape index (κ1) is 13.9. The van der Waals surface area contributed by atoms with Crippen molar-refractivity contribution in [1.82, 2.24) is 10.2 Å². The van der Waals surface area contributed by atoms with Crippen molar-refractivity contribution in [3.8, 4) is 0 Å². The van der Waals surface area contributed by atoms with Crippen LogP contribution in [0.15, 0.2) is 0 Å². The fourth-order valence-electron chi connectivity index (χ4n) is 2.39. The van der Waals surface area contributed by atoms with Gasteiger partial charge in [-0.2, -0.15) is 0 Å². The van der Waals surface area contributed by atoms with Gasteiger partial charge in [-0.15, -0.1) is 0 Å². The molecule has 0 radical (unpaired) electrons. The monoisotopic (exact) mass is 228 g/mol. The highest BCUT2D eigenvalue weighted by Gasteiger charge is 2.18. The molecule has 3 nitrogen and oxygen atoms in total. The van der Waals surface area contributed by atoms with Crippen molar-refractivity contribution in [2.45, 2.75) is 39.2 Å². The first-order valence-electron chi connectivity index (χ1n) is 6.71. The molecule has 3 heteroatoms. The van der Waals surface area contributed by atoms with Crippen LogP contribution in [0.4, 0.5) is 0 Å². The first-order chi connectivity index (χ1) is 7.76. The summed E-state index contributed by atoms with van der Waals surface area (Å²) in [5.74, 6) is 0.624. The van der Waals surface area contributed by atoms with Crippen molar-refractivity contribution in [3.63, 3.8) is 0 Å². The predicted octanol–water partition coefficient (Wildman–Crippen LogP) is 1.73. The third-order valence-electron chi connectivity index (χ3n) is 3.33. The van der Waals surface area contributed by atoms with Gasteiger partial charge in [-0.25, -0.2) is 0 Å². The lowest BCUT2D eigenvalue weighted by Crippen LogP contribution is -2.44. The average Bonchev–Trinajstić information content (AvgIpc) is 2.29. The van der Waals surface area contributed by atoms with Gasteiger partial charge in [-0.05, 0) is 44.8 Å². The molecular weight excluding hydrogens is 200 g/mol. The molecule has 16 heavy (non-hydrogen) atoms. The summed E-state index contributed by atoms with van der Waals surface area (Å²) in [5.41, 5.74) is 0. The molecule has 1 aliphatic rings. The Bertz CT molecular complexity index is 167. The Kier molecular flexibility index (Phi) is 7.01. The highest BCUT2D eigenvalue weighted by Crippen LogP contribution is 2.10. The second kappa shape index (κ2) is 8.04. The van der Waals surface area contributed by atoms with Crippen molar-refractivity contribution in [3.05, 3.63) is 0 Å². The number of piperidine rings is 1. The first-order valence-corrected chi connectivity index (χ1v) is 6.71. The Balaban J connectivity index is 2.07. The van der Waals surface area contributed by atoms with Crippen molar-refractivity contribution >= 4 is 0 Å². The highest BCUT2D eigenvalue weighted by atomic mass is 16.5. The van der Waals surface area contributed by atoms with Crippen molar-refractivity contribution in [1.29, 1.82) is 0 Å². The largest absolute Gasteiger partial charge is 0.384 e. The van der Waals surface area contributed by atoms with E-state index >= 15 is 0 Å². The van der Waals surface area contributed by atoms with E-state index in [1.54, 1.807) is 7.11 Å². The molecule has 0 saturated carbocycles. The number of ether oxygens (including phenoxy) is 1. The zero-order chi connectivity index (χ0) is 11.8. The molecule has 0 aliphatic carbocycles. The second-order valence-corrected chi connectivity index (χ2v) is 5.08. The van der Waals surface area contributed by atoms with Crippen molar-refractivity contribution < 1.29 is 4.74 Å². The minimum atomic E-state index is 0.624. The standard InChI is InChI=1S/C13H28N2O/c1-4-7-15-8-5-13(6-9-15)14-10-12(2)11-16-3/h12-14H,4-11H2,1-3H3. The predicted molar refractivity (Wildman–Crippen MR) is 68.8 cm³/mol. The Morgan fingerprint density at radius 2 is 2.06 bits per heavy atom. The summed E-state index contributed by atoms with van der Waals surface area (Å²) in [6.07, 6.45) is 3.89. The molecule has 1 aliphatic heterocycles. The van der Waals surface area contributed by atoms with Crippen molar-refractivity contribution in [2.75, 3.05) is 39.9 Å². The Morgan fingerprint density at radius 1 is 1.38 bits per heavy atom. The zero-order valence-electron chi connectivity index (χ0n) is 11.2. The summed E-state index contributed by atoms with van der Waals surface area (Å²) in [7, 11) is 1.78. The number of nitrogens with zero attached hydrogens (tertiary/aromatic N) is 1. The summed E-state index contributed by atoms with van der Waals surface area (Å²) < 4.78 is 5.14. The molecule has 0 amide bonds. The van der Waals surface area contributed by atoms with E-state index in [-0.39, 0.29) is 0 Å². The summed E-state index contributed by atoms with van der Waals surface area (Å²) in [6.45, 7) is 10.3. The molecular formula is C13H28N2O. The van der Waals surface area contributed by atoms with Crippen LogP contribution in [0.5, 0.6) is 0 Å². The van der Waals surface area contributed by atoms with Gasteiger partial charge >= 0.3 is 0 Å². The molecule has 0 spiro atoms. The van der Waals surface area contributed by atoms with Gasteiger partial charge in [0.15, 0.2) is 0 Å². The van der Waals surface area contributed by atoms with Crippen LogP contribution in [0.2, 0.25) is 0 Å². The third kappa shape index (κ3) is 5.28. The topological polar surface area (TPSA) is 24.5 Å². The van der Waals surface area contributed by atoms with Crippen LogP contribution >= 0.6 is 0 Å². The van der Waals surface area contributed by atoms with Gasteiger partial charge in [0.1, 0.15) is 0 Å². The molecule has 1 unspecified atom stereocenters. The maximum absolute atomic E-state index is 5.14. The number of hydrogen-bond acceptors (Lipinski definition) is 3. The molecule has 1 heterocycles. The van der Waals surface area contributed by atoms with Crippen molar-refractivity contribution in [2.24, 2.45) is 5.92 Å². The minimum Gasteiger partial charge on any atom is -0.384 e. The molecule has 1 N–H and O–H groups in total. The molecule has 1 rings (SSSR count).